The molecule has 4 heterocycles. The molecule has 46 heavy (non-hydrogen) atoms. The van der Waals surface area contributed by atoms with E-state index in [9.17, 15) is 36.2 Å². The number of nitrogens with one attached hydrogen (secondary N) is 1. The normalized spacial score (nSPS) is 23.1. The highest BCUT2D eigenvalue weighted by molar-refractivity contribution is 5.57. The molecule has 1 aromatic heterocycles. The molecule has 3 aliphatic rings. The average molecular weight is 647 g/mol. The molecule has 4 aromatic rings. The number of tetrazole rings is 1. The summed E-state index contributed by atoms with van der Waals surface area (Å²) in [6.07, 6.45) is -11.4. The molecule has 242 valence electrons. The van der Waals surface area contributed by atoms with Gasteiger partial charge in [0.2, 0.25) is 0 Å². The second-order valence-corrected chi connectivity index (χ2v) is 11.4. The van der Waals surface area contributed by atoms with E-state index in [-0.39, 0.29) is 34.7 Å². The highest BCUT2D eigenvalue weighted by Gasteiger charge is 2.52. The van der Waals surface area contributed by atoms with Gasteiger partial charge in [-0.15, -0.1) is 5.10 Å². The van der Waals surface area contributed by atoms with Crippen molar-refractivity contribution < 1.29 is 41.0 Å². The first-order valence-electron chi connectivity index (χ1n) is 14.4. The number of rotatable bonds is 8. The number of carboxylic acid groups (broad SMARTS) is 1. The minimum Gasteiger partial charge on any atom is -0.450 e. The zero-order chi connectivity index (χ0) is 32.6. The third-order valence-electron chi connectivity index (χ3n) is 8.62. The van der Waals surface area contributed by atoms with Crippen molar-refractivity contribution in [1.29, 1.82) is 0 Å². The van der Waals surface area contributed by atoms with Crippen LogP contribution in [0.5, 0.6) is 0 Å². The third-order valence-corrected chi connectivity index (χ3v) is 8.62. The minimum absolute atomic E-state index is 0.0373. The van der Waals surface area contributed by atoms with E-state index in [4.69, 9.17) is 4.74 Å². The fourth-order valence-electron chi connectivity index (χ4n) is 6.81. The maximum atomic E-state index is 14.0. The molecule has 15 heteroatoms. The molecular weight excluding hydrogens is 618 g/mol. The summed E-state index contributed by atoms with van der Waals surface area (Å²) in [4.78, 5) is 13.7. The van der Waals surface area contributed by atoms with Crippen LogP contribution in [0.3, 0.4) is 0 Å². The molecule has 0 radical (unpaired) electrons. The first-order valence-corrected chi connectivity index (χ1v) is 14.4. The van der Waals surface area contributed by atoms with Crippen LogP contribution in [0.15, 0.2) is 78.9 Å². The molecule has 9 nitrogen and oxygen atoms in total. The predicted octanol–water partition coefficient (Wildman–Crippen LogP) is 5.76. The Balaban J connectivity index is 1.40. The van der Waals surface area contributed by atoms with Gasteiger partial charge in [0.1, 0.15) is 6.10 Å². The number of nitrogens with zero attached hydrogens (tertiary/aromatic N) is 5. The lowest BCUT2D eigenvalue weighted by atomic mass is 9.69. The summed E-state index contributed by atoms with van der Waals surface area (Å²) in [5, 5.41) is 22.1. The second kappa shape index (κ2) is 12.4. The van der Waals surface area contributed by atoms with Gasteiger partial charge in [0.15, 0.2) is 0 Å². The molecular formula is C31H28F6N6O3. The van der Waals surface area contributed by atoms with Crippen LogP contribution in [0.2, 0.25) is 0 Å². The molecule has 3 fully saturated rings. The van der Waals surface area contributed by atoms with Crippen LogP contribution in [0.25, 0.3) is 5.69 Å². The maximum Gasteiger partial charge on any atom is 0.506 e. The number of hydrogen-bond donors (Lipinski definition) is 2. The third kappa shape index (κ3) is 6.42. The van der Waals surface area contributed by atoms with Crippen molar-refractivity contribution in [1.82, 2.24) is 30.4 Å². The Morgan fingerprint density at radius 2 is 1.61 bits per heavy atom. The number of benzene rings is 3. The molecule has 2 N–H and O–H groups in total. The summed E-state index contributed by atoms with van der Waals surface area (Å²) in [5.74, 6) is -2.10. The molecule has 0 saturated carbocycles. The molecule has 3 saturated heterocycles. The topological polar surface area (TPSA) is 105 Å². The van der Waals surface area contributed by atoms with Crippen molar-refractivity contribution in [3.05, 3.63) is 107 Å². The number of fused-ring (bicyclic) bond motifs is 3. The molecule has 1 unspecified atom stereocenters. The number of hydrogen-bond acceptors (Lipinski definition) is 7. The molecule has 2 bridgehead atoms. The zero-order valence-corrected chi connectivity index (χ0v) is 24.0. The fraction of sp³-hybridized carbons (Fsp3) is 0.355. The molecule has 0 aliphatic carbocycles. The van der Waals surface area contributed by atoms with Crippen LogP contribution < -0.4 is 5.32 Å². The Bertz CT molecular complexity index is 1630. The SMILES string of the molecule is O=C(O)O[C@H]1CN2CC[C@H]1[C@H](NCc1cc(-n3nnnc3C(F)(F)F)cc(C(F)(F)F)c1)[C@@H]2C(c1ccccc1)c1ccccc1. The van der Waals surface area contributed by atoms with E-state index in [1.54, 1.807) is 0 Å². The lowest BCUT2D eigenvalue weighted by molar-refractivity contribution is -0.146. The smallest absolute Gasteiger partial charge is 0.450 e. The summed E-state index contributed by atoms with van der Waals surface area (Å²) in [6, 6.07) is 21.3. The Labute approximate surface area is 258 Å². The van der Waals surface area contributed by atoms with Gasteiger partial charge in [-0.2, -0.15) is 31.0 Å². The predicted molar refractivity (Wildman–Crippen MR) is 151 cm³/mol. The Kier molecular flexibility index (Phi) is 8.46. The fourth-order valence-corrected chi connectivity index (χ4v) is 6.81. The van der Waals surface area contributed by atoms with Crippen molar-refractivity contribution in [3.8, 4) is 5.69 Å². The van der Waals surface area contributed by atoms with Crippen LogP contribution in [0.1, 0.15) is 40.4 Å². The molecule has 0 spiro atoms. The van der Waals surface area contributed by atoms with Gasteiger partial charge in [0.25, 0.3) is 5.82 Å². The summed E-state index contributed by atoms with van der Waals surface area (Å²) >= 11 is 0. The number of ether oxygens (including phenoxy) is 1. The van der Waals surface area contributed by atoms with E-state index in [1.807, 2.05) is 60.7 Å². The van der Waals surface area contributed by atoms with Crippen molar-refractivity contribution >= 4 is 6.16 Å². The molecule has 5 atom stereocenters. The number of carbonyl (C=O) groups is 1. The quantitative estimate of drug-likeness (QED) is 0.184. The molecule has 3 aliphatic heterocycles. The monoisotopic (exact) mass is 646 g/mol. The lowest BCUT2D eigenvalue weighted by Gasteiger charge is -2.56. The van der Waals surface area contributed by atoms with E-state index in [0.717, 1.165) is 17.2 Å². The Hall–Kier alpha value is -4.50. The molecule has 3 aromatic carbocycles. The largest absolute Gasteiger partial charge is 0.506 e. The van der Waals surface area contributed by atoms with E-state index in [0.29, 0.717) is 25.6 Å². The molecule has 0 amide bonds. The van der Waals surface area contributed by atoms with Crippen molar-refractivity contribution in [2.45, 2.75) is 49.4 Å². The van der Waals surface area contributed by atoms with Crippen LogP contribution in [-0.4, -0.2) is 67.6 Å². The van der Waals surface area contributed by atoms with Gasteiger partial charge in [-0.1, -0.05) is 60.7 Å². The van der Waals surface area contributed by atoms with Crippen LogP contribution >= 0.6 is 0 Å². The van der Waals surface area contributed by atoms with E-state index < -0.39 is 47.7 Å². The van der Waals surface area contributed by atoms with Gasteiger partial charge in [0.05, 0.1) is 11.3 Å². The lowest BCUT2D eigenvalue weighted by Crippen LogP contribution is -2.69. The minimum atomic E-state index is -5.01. The summed E-state index contributed by atoms with van der Waals surface area (Å²) in [7, 11) is 0. The van der Waals surface area contributed by atoms with Crippen LogP contribution in [0.4, 0.5) is 31.1 Å². The number of halogens is 6. The number of aromatic nitrogens is 4. The second-order valence-electron chi connectivity index (χ2n) is 11.4. The van der Waals surface area contributed by atoms with Crippen molar-refractivity contribution in [2.75, 3.05) is 13.1 Å². The van der Waals surface area contributed by atoms with Crippen LogP contribution in [0, 0.1) is 5.92 Å². The van der Waals surface area contributed by atoms with Crippen molar-refractivity contribution in [2.24, 2.45) is 5.92 Å². The van der Waals surface area contributed by atoms with Gasteiger partial charge in [-0.25, -0.2) is 4.79 Å². The van der Waals surface area contributed by atoms with Gasteiger partial charge < -0.3 is 15.2 Å². The van der Waals surface area contributed by atoms with E-state index >= 15 is 0 Å². The Morgan fingerprint density at radius 1 is 0.957 bits per heavy atom. The number of alkyl halides is 6. The zero-order valence-electron chi connectivity index (χ0n) is 24.0. The first kappa shape index (κ1) is 31.5. The number of piperidine rings is 3. The summed E-state index contributed by atoms with van der Waals surface area (Å²) in [6.45, 7) is 0.807. The van der Waals surface area contributed by atoms with E-state index in [1.165, 1.54) is 6.07 Å². The Morgan fingerprint density at radius 3 is 2.20 bits per heavy atom. The van der Waals surface area contributed by atoms with E-state index in [2.05, 4.69) is 25.7 Å². The first-order chi connectivity index (χ1) is 21.9. The summed E-state index contributed by atoms with van der Waals surface area (Å²) < 4.78 is 88.1. The molecule has 7 rings (SSSR count). The average Bonchev–Trinajstić information content (AvgIpc) is 3.53. The highest BCUT2D eigenvalue weighted by atomic mass is 19.4. The van der Waals surface area contributed by atoms with Crippen LogP contribution in [-0.2, 0) is 23.6 Å². The van der Waals surface area contributed by atoms with Gasteiger partial charge in [0, 0.05) is 37.0 Å². The maximum absolute atomic E-state index is 14.0. The van der Waals surface area contributed by atoms with Gasteiger partial charge in [-0.05, 0) is 58.3 Å². The summed E-state index contributed by atoms with van der Waals surface area (Å²) in [5.41, 5.74) is 0.347. The van der Waals surface area contributed by atoms with Crippen molar-refractivity contribution in [3.63, 3.8) is 0 Å². The highest BCUT2D eigenvalue weighted by Crippen LogP contribution is 2.43. The van der Waals surface area contributed by atoms with Gasteiger partial charge in [-0.3, -0.25) is 4.90 Å². The standard InChI is InChI=1S/C31H28F6N6O3/c32-30(33,34)21-13-18(14-22(15-21)43-28(31(35,36)37)39-40-41-43)16-38-26-23-11-12-42(17-24(23)46-29(44)45)27(26)25(19-7-3-1-4-8-19)20-9-5-2-6-10-20/h1-10,13-15,23-27,38H,11-12,16-17H2,(H,44,45)/t23-,24+,26+,27+/m1/s1. The van der Waals surface area contributed by atoms with Gasteiger partial charge >= 0.3 is 18.5 Å².